The Bertz CT molecular complexity index is 738. The lowest BCUT2D eigenvalue weighted by atomic mass is 10.0. The van der Waals surface area contributed by atoms with Crippen LogP contribution in [0.25, 0.3) is 0 Å². The smallest absolute Gasteiger partial charge is 0.333 e. The molecule has 0 spiro atoms. The van der Waals surface area contributed by atoms with Crippen molar-refractivity contribution in [3.05, 3.63) is 0 Å². The molecule has 3 N–H and O–H groups in total. The number of carbonyl (C=O) groups is 6. The van der Waals surface area contributed by atoms with Crippen molar-refractivity contribution in [2.45, 2.75) is 122 Å². The molecular weight excluding hydrogens is 472 g/mol. The first-order valence-corrected chi connectivity index (χ1v) is 13.0. The molecule has 3 amide bonds. The van der Waals surface area contributed by atoms with E-state index in [0.29, 0.717) is 11.5 Å². The molecule has 0 saturated carbocycles. The minimum atomic E-state index is -1.27. The van der Waals surface area contributed by atoms with Gasteiger partial charge in [0.05, 0.1) is 6.42 Å². The van der Waals surface area contributed by atoms with E-state index < -0.39 is 41.7 Å². The third kappa shape index (κ3) is 14.4. The minimum Gasteiger partial charge on any atom is -0.481 e. The maximum absolute atomic E-state index is 12.1. The van der Waals surface area contributed by atoms with Crippen LogP contribution in [0.5, 0.6) is 0 Å². The van der Waals surface area contributed by atoms with E-state index in [0.717, 1.165) is 51.4 Å². The van der Waals surface area contributed by atoms with Gasteiger partial charge in [0, 0.05) is 25.7 Å². The lowest BCUT2D eigenvalue weighted by molar-refractivity contribution is -0.197. The number of unbranched alkanes of at least 4 members (excludes halogenated alkanes) is 11. The minimum absolute atomic E-state index is 0.0290. The lowest BCUT2D eigenvalue weighted by Gasteiger charge is -2.16. The summed E-state index contributed by atoms with van der Waals surface area (Å²) in [6.45, 7) is 0. The number of amides is 3. The Balaban J connectivity index is 2.04. The molecule has 0 aromatic heterocycles. The van der Waals surface area contributed by atoms with Crippen molar-refractivity contribution in [3.63, 3.8) is 0 Å². The Labute approximate surface area is 211 Å². The number of aliphatic carboxylic acids is 2. The first-order valence-electron chi connectivity index (χ1n) is 13.0. The van der Waals surface area contributed by atoms with E-state index in [1.165, 1.54) is 19.3 Å². The Morgan fingerprint density at radius 3 is 1.61 bits per heavy atom. The number of rotatable bonds is 21. The highest BCUT2D eigenvalue weighted by Gasteiger charge is 2.33. The molecule has 1 fully saturated rings. The maximum Gasteiger partial charge on any atom is 0.333 e. The summed E-state index contributed by atoms with van der Waals surface area (Å²) in [6.07, 6.45) is 12.0. The summed E-state index contributed by atoms with van der Waals surface area (Å²) in [6, 6.07) is -1.26. The Morgan fingerprint density at radius 1 is 0.722 bits per heavy atom. The van der Waals surface area contributed by atoms with E-state index in [1.807, 2.05) is 0 Å². The van der Waals surface area contributed by atoms with Crippen molar-refractivity contribution in [2.75, 3.05) is 0 Å². The summed E-state index contributed by atoms with van der Waals surface area (Å²) in [5, 5.41) is 20.7. The standard InChI is InChI=1S/C25H40N2O9/c28-20(13-11-9-7-5-3-1-2-4-6-8-10-12-14-23(31)32)26-19(25(34)35)15-18-24(33)36-27-21(29)16-17-22(27)30/h19H,1-18H2,(H,26,28)(H,31,32)(H,34,35)/t19-/m0/s1. The van der Waals surface area contributed by atoms with E-state index in [1.54, 1.807) is 0 Å². The fourth-order valence-corrected chi connectivity index (χ4v) is 3.92. The zero-order valence-corrected chi connectivity index (χ0v) is 21.0. The van der Waals surface area contributed by atoms with Crippen LogP contribution in [0.2, 0.25) is 0 Å². The van der Waals surface area contributed by atoms with E-state index in [2.05, 4.69) is 5.32 Å². The van der Waals surface area contributed by atoms with Crippen molar-refractivity contribution in [1.29, 1.82) is 0 Å². The average Bonchev–Trinajstić information content (AvgIpc) is 3.13. The van der Waals surface area contributed by atoms with E-state index in [4.69, 9.17) is 9.94 Å². The van der Waals surface area contributed by atoms with Crippen molar-refractivity contribution >= 4 is 35.6 Å². The zero-order chi connectivity index (χ0) is 26.8. The van der Waals surface area contributed by atoms with Crippen molar-refractivity contribution < 1.29 is 43.8 Å². The van der Waals surface area contributed by atoms with Crippen LogP contribution in [0.15, 0.2) is 0 Å². The van der Waals surface area contributed by atoms with Gasteiger partial charge in [-0.1, -0.05) is 64.2 Å². The molecule has 0 bridgehead atoms. The second-order valence-corrected chi connectivity index (χ2v) is 9.18. The third-order valence-corrected chi connectivity index (χ3v) is 6.01. The van der Waals surface area contributed by atoms with E-state index in [-0.39, 0.29) is 38.5 Å². The largest absolute Gasteiger partial charge is 0.481 e. The average molecular weight is 513 g/mol. The van der Waals surface area contributed by atoms with Crippen LogP contribution in [0.3, 0.4) is 0 Å². The third-order valence-electron chi connectivity index (χ3n) is 6.01. The molecular formula is C25H40N2O9. The SMILES string of the molecule is O=C(O)CCCCCCCCCCCCCCC(=O)N[C@@H](CCC(=O)ON1C(=O)CCC1=O)C(=O)O. The topological polar surface area (TPSA) is 167 Å². The van der Waals surface area contributed by atoms with E-state index >= 15 is 0 Å². The molecule has 1 atom stereocenters. The molecule has 1 aliphatic heterocycles. The van der Waals surface area contributed by atoms with E-state index in [9.17, 15) is 33.9 Å². The molecule has 0 aromatic carbocycles. The van der Waals surface area contributed by atoms with Crippen LogP contribution in [-0.4, -0.2) is 56.9 Å². The summed E-state index contributed by atoms with van der Waals surface area (Å²) in [5.74, 6) is -4.53. The van der Waals surface area contributed by atoms with Gasteiger partial charge in [0.2, 0.25) is 5.91 Å². The zero-order valence-electron chi connectivity index (χ0n) is 21.0. The molecule has 0 unspecified atom stereocenters. The molecule has 1 saturated heterocycles. The van der Waals surface area contributed by atoms with Crippen LogP contribution < -0.4 is 5.32 Å². The number of hydroxylamine groups is 2. The number of carboxylic acids is 2. The molecule has 204 valence electrons. The lowest BCUT2D eigenvalue weighted by Crippen LogP contribution is -2.41. The van der Waals surface area contributed by atoms with Gasteiger partial charge in [0.1, 0.15) is 6.04 Å². The molecule has 0 aliphatic carbocycles. The molecule has 1 rings (SSSR count). The first kappa shape index (κ1) is 31.1. The summed E-state index contributed by atoms with van der Waals surface area (Å²) in [7, 11) is 0. The van der Waals surface area contributed by atoms with Gasteiger partial charge in [-0.15, -0.1) is 5.06 Å². The molecule has 11 heteroatoms. The highest BCUT2D eigenvalue weighted by molar-refractivity contribution is 6.01. The summed E-state index contributed by atoms with van der Waals surface area (Å²) in [4.78, 5) is 73.4. The molecule has 11 nitrogen and oxygen atoms in total. The van der Waals surface area contributed by atoms with Crippen LogP contribution in [0, 0.1) is 0 Å². The molecule has 0 radical (unpaired) electrons. The summed E-state index contributed by atoms with van der Waals surface area (Å²) >= 11 is 0. The number of hydrogen-bond acceptors (Lipinski definition) is 7. The Morgan fingerprint density at radius 2 is 1.17 bits per heavy atom. The predicted molar refractivity (Wildman–Crippen MR) is 128 cm³/mol. The summed E-state index contributed by atoms with van der Waals surface area (Å²) < 4.78 is 0. The van der Waals surface area contributed by atoms with Gasteiger partial charge in [-0.3, -0.25) is 19.2 Å². The van der Waals surface area contributed by atoms with Crippen LogP contribution in [0.4, 0.5) is 0 Å². The monoisotopic (exact) mass is 512 g/mol. The Kier molecular flexibility index (Phi) is 15.8. The van der Waals surface area contributed by atoms with Gasteiger partial charge in [0.25, 0.3) is 11.8 Å². The predicted octanol–water partition coefficient (Wildman–Crippen LogP) is 3.49. The van der Waals surface area contributed by atoms with Crippen molar-refractivity contribution in [3.8, 4) is 0 Å². The van der Waals surface area contributed by atoms with Gasteiger partial charge in [0.15, 0.2) is 0 Å². The number of imide groups is 1. The normalized spacial score (nSPS) is 14.1. The van der Waals surface area contributed by atoms with Crippen molar-refractivity contribution in [2.24, 2.45) is 0 Å². The fourth-order valence-electron chi connectivity index (χ4n) is 3.92. The number of carboxylic acid groups (broad SMARTS) is 2. The second-order valence-electron chi connectivity index (χ2n) is 9.18. The number of nitrogens with zero attached hydrogens (tertiary/aromatic N) is 1. The number of hydrogen-bond donors (Lipinski definition) is 3. The summed E-state index contributed by atoms with van der Waals surface area (Å²) in [5.41, 5.74) is 0. The first-order chi connectivity index (χ1) is 17.2. The van der Waals surface area contributed by atoms with Gasteiger partial charge < -0.3 is 20.4 Å². The van der Waals surface area contributed by atoms with Crippen LogP contribution in [-0.2, 0) is 33.6 Å². The fraction of sp³-hybridized carbons (Fsp3) is 0.760. The highest BCUT2D eigenvalue weighted by Crippen LogP contribution is 2.14. The molecule has 0 aromatic rings. The van der Waals surface area contributed by atoms with Gasteiger partial charge >= 0.3 is 17.9 Å². The Hall–Kier alpha value is -2.98. The highest BCUT2D eigenvalue weighted by atomic mass is 16.7. The maximum atomic E-state index is 12.1. The second kappa shape index (κ2) is 18.3. The quantitative estimate of drug-likeness (QED) is 0.154. The van der Waals surface area contributed by atoms with Crippen molar-refractivity contribution in [1.82, 2.24) is 10.4 Å². The molecule has 1 aliphatic rings. The molecule has 1 heterocycles. The number of nitrogens with one attached hydrogen (secondary N) is 1. The molecule has 36 heavy (non-hydrogen) atoms. The van der Waals surface area contributed by atoms with Gasteiger partial charge in [-0.05, 0) is 19.3 Å². The van der Waals surface area contributed by atoms with Gasteiger partial charge in [-0.2, -0.15) is 0 Å². The van der Waals surface area contributed by atoms with Gasteiger partial charge in [-0.25, -0.2) is 9.59 Å². The number of carbonyl (C=O) groups excluding carboxylic acids is 4. The van der Waals surface area contributed by atoms with Crippen LogP contribution in [0.1, 0.15) is 116 Å². The van der Waals surface area contributed by atoms with Crippen LogP contribution >= 0.6 is 0 Å².